The highest BCUT2D eigenvalue weighted by Crippen LogP contribution is 2.38. The smallest absolute Gasteiger partial charge is 0.0991 e. The molecule has 1 aromatic heterocycles. The van der Waals surface area contributed by atoms with Crippen LogP contribution in [0, 0.1) is 0 Å². The second-order valence-electron chi connectivity index (χ2n) is 3.78. The van der Waals surface area contributed by atoms with E-state index in [-0.39, 0.29) is 6.04 Å². The van der Waals surface area contributed by atoms with Gasteiger partial charge in [-0.05, 0) is 31.2 Å². The first-order valence-electron chi connectivity index (χ1n) is 5.00. The molecule has 1 aliphatic heterocycles. The number of hydrogen-bond donors (Lipinski definition) is 0. The third-order valence-electron chi connectivity index (χ3n) is 2.92. The predicted octanol–water partition coefficient (Wildman–Crippen LogP) is 3.24. The Labute approximate surface area is 87.5 Å². The van der Waals surface area contributed by atoms with Crippen LogP contribution >= 0.6 is 0 Å². The minimum absolute atomic E-state index is 0.227. The van der Waals surface area contributed by atoms with E-state index in [1.165, 1.54) is 0 Å². The summed E-state index contributed by atoms with van der Waals surface area (Å²) in [4.78, 5) is 0. The number of hydrogen-bond acceptors (Lipinski definition) is 1. The molecular weight excluding hydrogens is 191 g/mol. The summed E-state index contributed by atoms with van der Waals surface area (Å²) in [7, 11) is 0. The van der Waals surface area contributed by atoms with Crippen molar-refractivity contribution in [3.63, 3.8) is 0 Å². The van der Waals surface area contributed by atoms with Crippen LogP contribution in [0.25, 0.3) is 5.69 Å². The van der Waals surface area contributed by atoms with Gasteiger partial charge in [-0.15, -0.1) is 0 Å². The average molecular weight is 202 g/mol. The average Bonchev–Trinajstić information content (AvgIpc) is 2.75. The quantitative estimate of drug-likeness (QED) is 0.595. The van der Waals surface area contributed by atoms with Crippen LogP contribution < -0.4 is 5.12 Å². The van der Waals surface area contributed by atoms with Gasteiger partial charge in [0, 0.05) is 11.9 Å². The maximum absolute atomic E-state index is 13.9. The van der Waals surface area contributed by atoms with Gasteiger partial charge in [-0.2, -0.15) is 0 Å². The number of nitrogens with zero attached hydrogens (tertiary/aromatic N) is 2. The zero-order valence-corrected chi connectivity index (χ0v) is 8.39. The molecule has 1 unspecified atom stereocenters. The van der Waals surface area contributed by atoms with Crippen molar-refractivity contribution in [3.8, 4) is 5.69 Å². The van der Waals surface area contributed by atoms with Crippen molar-refractivity contribution in [1.82, 2.24) is 4.57 Å². The van der Waals surface area contributed by atoms with Gasteiger partial charge < -0.3 is 4.57 Å². The van der Waals surface area contributed by atoms with Gasteiger partial charge in [0.05, 0.1) is 17.4 Å². The Hall–Kier alpha value is -1.77. The zero-order valence-electron chi connectivity index (χ0n) is 8.39. The lowest BCUT2D eigenvalue weighted by Crippen LogP contribution is -2.25. The van der Waals surface area contributed by atoms with E-state index in [2.05, 4.69) is 0 Å². The first-order chi connectivity index (χ1) is 7.29. The molecule has 0 fully saturated rings. The molecule has 0 aliphatic carbocycles. The molecule has 0 radical (unpaired) electrons. The fourth-order valence-corrected chi connectivity index (χ4v) is 2.13. The number of fused-ring (bicyclic) bond motifs is 3. The minimum Gasteiger partial charge on any atom is -0.317 e. The third-order valence-corrected chi connectivity index (χ3v) is 2.92. The Kier molecular flexibility index (Phi) is 1.63. The first kappa shape index (κ1) is 8.53. The molecule has 1 aromatic carbocycles. The van der Waals surface area contributed by atoms with E-state index in [0.717, 1.165) is 16.5 Å². The first-order valence-corrected chi connectivity index (χ1v) is 5.00. The highest BCUT2D eigenvalue weighted by molar-refractivity contribution is 5.65. The standard InChI is InChI=1S/C12H11FN2/c1-9-10-7-4-8-14(10)11-5-2-3-6-12(11)15(9)13/h2-9H,1H3. The van der Waals surface area contributed by atoms with Crippen LogP contribution in [0.4, 0.5) is 10.2 Å². The molecule has 0 N–H and O–H groups in total. The summed E-state index contributed by atoms with van der Waals surface area (Å²) in [5, 5.41) is 0.824. The molecule has 0 saturated heterocycles. The zero-order chi connectivity index (χ0) is 10.4. The van der Waals surface area contributed by atoms with Crippen molar-refractivity contribution in [2.75, 3.05) is 5.12 Å². The van der Waals surface area contributed by atoms with Gasteiger partial charge in [-0.25, -0.2) is 5.12 Å². The van der Waals surface area contributed by atoms with Gasteiger partial charge >= 0.3 is 0 Å². The summed E-state index contributed by atoms with van der Waals surface area (Å²) in [5.74, 6) is 0. The van der Waals surface area contributed by atoms with Gasteiger partial charge in [0.1, 0.15) is 0 Å². The number of rotatable bonds is 0. The Morgan fingerprint density at radius 2 is 1.80 bits per heavy atom. The topological polar surface area (TPSA) is 8.17 Å². The van der Waals surface area contributed by atoms with E-state index in [4.69, 9.17) is 0 Å². The lowest BCUT2D eigenvalue weighted by Gasteiger charge is -2.30. The van der Waals surface area contributed by atoms with Crippen molar-refractivity contribution < 1.29 is 4.48 Å². The molecule has 2 heterocycles. The fraction of sp³-hybridized carbons (Fsp3) is 0.167. The van der Waals surface area contributed by atoms with E-state index < -0.39 is 0 Å². The molecule has 1 aliphatic rings. The fourth-order valence-electron chi connectivity index (χ4n) is 2.13. The van der Waals surface area contributed by atoms with Gasteiger partial charge in [0.2, 0.25) is 0 Å². The Morgan fingerprint density at radius 3 is 2.60 bits per heavy atom. The molecular formula is C12H11FN2. The molecule has 0 bridgehead atoms. The van der Waals surface area contributed by atoms with Crippen molar-refractivity contribution in [2.45, 2.75) is 13.0 Å². The molecule has 0 saturated carbocycles. The summed E-state index contributed by atoms with van der Waals surface area (Å²) >= 11 is 0. The molecule has 2 aromatic rings. The highest BCUT2D eigenvalue weighted by atomic mass is 19.2. The number of para-hydroxylation sites is 2. The van der Waals surface area contributed by atoms with Crippen LogP contribution in [-0.2, 0) is 0 Å². The van der Waals surface area contributed by atoms with Crippen LogP contribution in [0.1, 0.15) is 18.7 Å². The number of benzene rings is 1. The van der Waals surface area contributed by atoms with Crippen molar-refractivity contribution >= 4 is 5.69 Å². The van der Waals surface area contributed by atoms with Crippen LogP contribution in [0.5, 0.6) is 0 Å². The molecule has 1 atom stereocenters. The predicted molar refractivity (Wildman–Crippen MR) is 57.8 cm³/mol. The number of anilines is 1. The van der Waals surface area contributed by atoms with Crippen LogP contribution in [0.15, 0.2) is 42.6 Å². The highest BCUT2D eigenvalue weighted by Gasteiger charge is 2.27. The Bertz CT molecular complexity index is 504. The molecule has 76 valence electrons. The largest absolute Gasteiger partial charge is 0.317 e. The normalized spacial score (nSPS) is 18.5. The minimum atomic E-state index is -0.227. The van der Waals surface area contributed by atoms with E-state index in [1.54, 1.807) is 6.07 Å². The van der Waals surface area contributed by atoms with Crippen LogP contribution in [0.3, 0.4) is 0 Å². The summed E-state index contributed by atoms with van der Waals surface area (Å²) in [6.07, 6.45) is 1.97. The monoisotopic (exact) mass is 202 g/mol. The molecule has 15 heavy (non-hydrogen) atoms. The lowest BCUT2D eigenvalue weighted by molar-refractivity contribution is 0.370. The van der Waals surface area contributed by atoms with Gasteiger partial charge in [0.25, 0.3) is 0 Å². The molecule has 3 heteroatoms. The molecule has 0 spiro atoms. The van der Waals surface area contributed by atoms with Gasteiger partial charge in [-0.3, -0.25) is 0 Å². The molecule has 2 nitrogen and oxygen atoms in total. The Morgan fingerprint density at radius 1 is 1.07 bits per heavy atom. The van der Waals surface area contributed by atoms with Crippen molar-refractivity contribution in [1.29, 1.82) is 0 Å². The number of aromatic nitrogens is 1. The Balaban J connectivity index is 2.32. The van der Waals surface area contributed by atoms with E-state index in [9.17, 15) is 4.48 Å². The summed E-state index contributed by atoms with van der Waals surface area (Å²) in [5.41, 5.74) is 2.52. The van der Waals surface area contributed by atoms with Crippen molar-refractivity contribution in [2.24, 2.45) is 0 Å². The molecule has 0 amide bonds. The van der Waals surface area contributed by atoms with Gasteiger partial charge in [-0.1, -0.05) is 16.6 Å². The van der Waals surface area contributed by atoms with Crippen LogP contribution in [0.2, 0.25) is 0 Å². The summed E-state index contributed by atoms with van der Waals surface area (Å²) in [6.45, 7) is 1.86. The maximum atomic E-state index is 13.9. The second kappa shape index (κ2) is 2.86. The SMILES string of the molecule is CC1c2cccn2-c2ccccc2N1F. The summed E-state index contributed by atoms with van der Waals surface area (Å²) in [6, 6.07) is 11.2. The lowest BCUT2D eigenvalue weighted by atomic mass is 10.1. The third kappa shape index (κ3) is 1.03. The van der Waals surface area contributed by atoms with E-state index in [0.29, 0.717) is 5.69 Å². The maximum Gasteiger partial charge on any atom is 0.0991 e. The summed E-state index contributed by atoms with van der Waals surface area (Å²) < 4.78 is 16.0. The molecule has 3 rings (SSSR count). The van der Waals surface area contributed by atoms with E-state index in [1.807, 2.05) is 48.0 Å². The van der Waals surface area contributed by atoms with E-state index >= 15 is 0 Å². The number of halogens is 1. The second-order valence-corrected chi connectivity index (χ2v) is 3.78. The van der Waals surface area contributed by atoms with Crippen LogP contribution in [-0.4, -0.2) is 4.57 Å². The van der Waals surface area contributed by atoms with Crippen molar-refractivity contribution in [3.05, 3.63) is 48.3 Å². The van der Waals surface area contributed by atoms with Gasteiger partial charge in [0.15, 0.2) is 0 Å².